The van der Waals surface area contributed by atoms with Gasteiger partial charge in [-0.15, -0.1) is 0 Å². The van der Waals surface area contributed by atoms with Gasteiger partial charge < -0.3 is 14.7 Å². The number of aromatic nitrogens is 5. The number of carbonyl (C=O) groups excluding carboxylic acids is 1. The fourth-order valence-electron chi connectivity index (χ4n) is 4.50. The quantitative estimate of drug-likeness (QED) is 0.422. The van der Waals surface area contributed by atoms with E-state index >= 15 is 0 Å². The Balaban J connectivity index is 0.000000541. The Morgan fingerprint density at radius 2 is 1.60 bits per heavy atom. The van der Waals surface area contributed by atoms with Crippen molar-refractivity contribution >= 4 is 11.9 Å². The van der Waals surface area contributed by atoms with E-state index in [4.69, 9.17) is 14.6 Å². The monoisotopic (exact) mass is 622 g/mol. The number of hydrogen-bond acceptors (Lipinski definition) is 7. The number of fused-ring (bicyclic) bond motifs is 1. The first kappa shape index (κ1) is 31.6. The summed E-state index contributed by atoms with van der Waals surface area (Å²) >= 11 is 0. The van der Waals surface area contributed by atoms with Crippen LogP contribution < -0.4 is 4.74 Å². The minimum Gasteiger partial charge on any atom is -0.475 e. The predicted molar refractivity (Wildman–Crippen MR) is 129 cm³/mol. The maximum Gasteiger partial charge on any atom is 0.490 e. The van der Waals surface area contributed by atoms with Crippen LogP contribution in [0.1, 0.15) is 46.6 Å². The number of para-hydroxylation sites is 1. The molecule has 18 heteroatoms. The molecule has 1 amide bonds. The molecule has 1 aromatic carbocycles. The molecule has 0 saturated carbocycles. The SMILES string of the molecule is O=C(O)C(F)(F)F.O=C(c1ccccc1-n1nccn1)N1CCC(F)(F)C(Oc2nc3c(c(C(F)(F)F)n2)CCCC3)C1. The van der Waals surface area contributed by atoms with Gasteiger partial charge in [0, 0.05) is 18.5 Å². The molecule has 232 valence electrons. The van der Waals surface area contributed by atoms with E-state index in [1.807, 2.05) is 0 Å². The van der Waals surface area contributed by atoms with Gasteiger partial charge in [0.1, 0.15) is 0 Å². The molecule has 1 aliphatic heterocycles. The molecular weight excluding hydrogens is 600 g/mol. The number of benzene rings is 1. The minimum absolute atomic E-state index is 0.0165. The van der Waals surface area contributed by atoms with Crippen LogP contribution in [-0.4, -0.2) is 78.1 Å². The molecule has 43 heavy (non-hydrogen) atoms. The van der Waals surface area contributed by atoms with E-state index in [1.54, 1.807) is 18.2 Å². The van der Waals surface area contributed by atoms with Crippen LogP contribution >= 0.6 is 0 Å². The third-order valence-corrected chi connectivity index (χ3v) is 6.55. The number of likely N-dealkylation sites (tertiary alicyclic amines) is 1. The minimum atomic E-state index is -5.08. The number of ether oxygens (including phenoxy) is 1. The van der Waals surface area contributed by atoms with Crippen LogP contribution in [0.2, 0.25) is 0 Å². The van der Waals surface area contributed by atoms with Crippen LogP contribution in [0.25, 0.3) is 5.69 Å². The number of carboxylic acid groups (broad SMARTS) is 1. The fourth-order valence-corrected chi connectivity index (χ4v) is 4.50. The van der Waals surface area contributed by atoms with Gasteiger partial charge >= 0.3 is 24.3 Å². The number of nitrogens with zero attached hydrogens (tertiary/aromatic N) is 6. The Morgan fingerprint density at radius 1 is 0.977 bits per heavy atom. The summed E-state index contributed by atoms with van der Waals surface area (Å²) < 4.78 is 108. The summed E-state index contributed by atoms with van der Waals surface area (Å²) in [6.07, 6.45) is -8.02. The van der Waals surface area contributed by atoms with Crippen molar-refractivity contribution in [3.05, 3.63) is 59.2 Å². The van der Waals surface area contributed by atoms with Crippen LogP contribution in [0.4, 0.5) is 35.1 Å². The highest BCUT2D eigenvalue weighted by Gasteiger charge is 2.48. The van der Waals surface area contributed by atoms with Gasteiger partial charge in [0.25, 0.3) is 11.8 Å². The van der Waals surface area contributed by atoms with E-state index in [9.17, 15) is 39.9 Å². The summed E-state index contributed by atoms with van der Waals surface area (Å²) in [6, 6.07) is 5.66. The van der Waals surface area contributed by atoms with Crippen molar-refractivity contribution in [3.8, 4) is 11.7 Å². The molecule has 1 N–H and O–H groups in total. The lowest BCUT2D eigenvalue weighted by Crippen LogP contribution is -2.55. The molecule has 0 radical (unpaired) electrons. The molecule has 3 aromatic rings. The first-order chi connectivity index (χ1) is 20.1. The molecule has 1 atom stereocenters. The Hall–Kier alpha value is -4.38. The van der Waals surface area contributed by atoms with E-state index in [0.717, 1.165) is 0 Å². The van der Waals surface area contributed by atoms with Gasteiger partial charge in [0.2, 0.25) is 0 Å². The number of amides is 1. The second kappa shape index (κ2) is 12.1. The molecular formula is C25H22F8N6O4. The van der Waals surface area contributed by atoms with E-state index in [0.29, 0.717) is 18.5 Å². The highest BCUT2D eigenvalue weighted by molar-refractivity contribution is 5.97. The smallest absolute Gasteiger partial charge is 0.475 e. The van der Waals surface area contributed by atoms with Gasteiger partial charge in [-0.25, -0.2) is 13.6 Å². The number of carboxylic acids is 1. The maximum absolute atomic E-state index is 14.8. The third kappa shape index (κ3) is 7.34. The summed E-state index contributed by atoms with van der Waals surface area (Å²) in [6.45, 7) is -0.833. The molecule has 2 aromatic heterocycles. The summed E-state index contributed by atoms with van der Waals surface area (Å²) in [5, 5.41) is 15.2. The van der Waals surface area contributed by atoms with Crippen LogP contribution in [0.3, 0.4) is 0 Å². The van der Waals surface area contributed by atoms with Crippen molar-refractivity contribution < 1.29 is 54.6 Å². The van der Waals surface area contributed by atoms with Gasteiger partial charge in [-0.05, 0) is 37.8 Å². The van der Waals surface area contributed by atoms with E-state index in [1.165, 1.54) is 28.2 Å². The zero-order valence-electron chi connectivity index (χ0n) is 21.9. The summed E-state index contributed by atoms with van der Waals surface area (Å²) in [5.74, 6) is -6.72. The number of alkyl halides is 8. The van der Waals surface area contributed by atoms with Crippen LogP contribution in [-0.2, 0) is 23.8 Å². The van der Waals surface area contributed by atoms with Crippen LogP contribution in [0, 0.1) is 0 Å². The maximum atomic E-state index is 14.8. The first-order valence-electron chi connectivity index (χ1n) is 12.6. The third-order valence-electron chi connectivity index (χ3n) is 6.55. The number of hydrogen-bond donors (Lipinski definition) is 1. The molecule has 0 spiro atoms. The zero-order chi connectivity index (χ0) is 31.6. The standard InChI is InChI=1S/C23H21F5N6O2.C2HF3O2/c24-22(25)9-12-33(20(35)15-6-2-4-8-17(15)34-29-10-11-30-34)13-18(22)36-21-31-16-7-3-1-5-14(16)19(32-21)23(26,27)28;3-2(4,5)1(6)7/h2,4,6,8,10-11,18H,1,3,5,7,9,12-13H2;(H,6,7). The number of rotatable bonds is 4. The molecule has 0 bridgehead atoms. The number of halogens is 8. The van der Waals surface area contributed by atoms with E-state index in [2.05, 4.69) is 20.2 Å². The summed E-state index contributed by atoms with van der Waals surface area (Å²) in [5.41, 5.74) is -0.476. The predicted octanol–water partition coefficient (Wildman–Crippen LogP) is 4.52. The van der Waals surface area contributed by atoms with Gasteiger partial charge in [-0.2, -0.15) is 51.3 Å². The van der Waals surface area contributed by atoms with Crippen molar-refractivity contribution in [1.29, 1.82) is 0 Å². The molecule has 3 heterocycles. The van der Waals surface area contributed by atoms with E-state index in [-0.39, 0.29) is 36.2 Å². The number of piperidine rings is 1. The van der Waals surface area contributed by atoms with Crippen molar-refractivity contribution in [2.24, 2.45) is 0 Å². The molecule has 2 aliphatic rings. The Morgan fingerprint density at radius 3 is 2.23 bits per heavy atom. The molecule has 1 unspecified atom stereocenters. The van der Waals surface area contributed by atoms with Crippen molar-refractivity contribution in [1.82, 2.24) is 29.9 Å². The number of aliphatic carboxylic acids is 1. The topological polar surface area (TPSA) is 123 Å². The molecule has 5 rings (SSSR count). The van der Waals surface area contributed by atoms with Gasteiger partial charge in [0.15, 0.2) is 11.8 Å². The second-order valence-electron chi connectivity index (χ2n) is 9.49. The normalized spacial score (nSPS) is 18.2. The fraction of sp³-hybridized carbons (Fsp3) is 0.440. The van der Waals surface area contributed by atoms with Crippen LogP contribution in [0.15, 0.2) is 36.7 Å². The molecule has 10 nitrogen and oxygen atoms in total. The van der Waals surface area contributed by atoms with Crippen LogP contribution in [0.5, 0.6) is 6.01 Å². The highest BCUT2D eigenvalue weighted by atomic mass is 19.4. The molecule has 1 saturated heterocycles. The van der Waals surface area contributed by atoms with Crippen molar-refractivity contribution in [3.63, 3.8) is 0 Å². The van der Waals surface area contributed by atoms with Gasteiger partial charge in [-0.1, -0.05) is 12.1 Å². The average Bonchev–Trinajstić information content (AvgIpc) is 3.48. The Kier molecular flexibility index (Phi) is 8.87. The van der Waals surface area contributed by atoms with Crippen molar-refractivity contribution in [2.75, 3.05) is 13.1 Å². The highest BCUT2D eigenvalue weighted by Crippen LogP contribution is 2.37. The number of carbonyl (C=O) groups is 2. The van der Waals surface area contributed by atoms with E-state index < -0.39 is 60.9 Å². The zero-order valence-corrected chi connectivity index (χ0v) is 21.9. The largest absolute Gasteiger partial charge is 0.490 e. The Bertz CT molecular complexity index is 1460. The summed E-state index contributed by atoms with van der Waals surface area (Å²) in [4.78, 5) is 32.1. The lowest BCUT2D eigenvalue weighted by Gasteiger charge is -2.38. The van der Waals surface area contributed by atoms with Crippen molar-refractivity contribution in [2.45, 2.75) is 56.5 Å². The summed E-state index contributed by atoms with van der Waals surface area (Å²) in [7, 11) is 0. The lowest BCUT2D eigenvalue weighted by atomic mass is 9.94. The number of aryl methyl sites for hydroxylation is 1. The first-order valence-corrected chi connectivity index (χ1v) is 12.6. The second-order valence-corrected chi connectivity index (χ2v) is 9.49. The van der Waals surface area contributed by atoms with Gasteiger partial charge in [0.05, 0.1) is 35.9 Å². The van der Waals surface area contributed by atoms with Gasteiger partial charge in [-0.3, -0.25) is 4.79 Å². The lowest BCUT2D eigenvalue weighted by molar-refractivity contribution is -0.192. The molecule has 1 fully saturated rings. The average molecular weight is 622 g/mol. The Labute approximate surface area is 237 Å². The molecule has 1 aliphatic carbocycles.